The summed E-state index contributed by atoms with van der Waals surface area (Å²) in [6, 6.07) is 1.60. The number of amides is 2. The SMILES string of the molecule is CNC(=O)c1cc(NC(=O)C2CCCCC2)n(C)n1. The lowest BCUT2D eigenvalue weighted by Gasteiger charge is -2.20. The summed E-state index contributed by atoms with van der Waals surface area (Å²) in [6.45, 7) is 0. The summed E-state index contributed by atoms with van der Waals surface area (Å²) in [5, 5.41) is 9.44. The summed E-state index contributed by atoms with van der Waals surface area (Å²) in [4.78, 5) is 23.6. The monoisotopic (exact) mass is 264 g/mol. The largest absolute Gasteiger partial charge is 0.354 e. The van der Waals surface area contributed by atoms with Crippen molar-refractivity contribution in [2.24, 2.45) is 13.0 Å². The molecule has 1 aromatic rings. The van der Waals surface area contributed by atoms with Crippen molar-refractivity contribution < 1.29 is 9.59 Å². The highest BCUT2D eigenvalue weighted by molar-refractivity contribution is 5.95. The Balaban J connectivity index is 2.04. The molecular weight excluding hydrogens is 244 g/mol. The van der Waals surface area contributed by atoms with Gasteiger partial charge in [0.15, 0.2) is 5.69 Å². The van der Waals surface area contributed by atoms with Crippen molar-refractivity contribution in [1.29, 1.82) is 0 Å². The van der Waals surface area contributed by atoms with Crippen LogP contribution in [0.2, 0.25) is 0 Å². The van der Waals surface area contributed by atoms with E-state index in [1.165, 1.54) is 11.1 Å². The number of aryl methyl sites for hydroxylation is 1. The number of anilines is 1. The molecule has 2 N–H and O–H groups in total. The first-order chi connectivity index (χ1) is 9.11. The summed E-state index contributed by atoms with van der Waals surface area (Å²) >= 11 is 0. The summed E-state index contributed by atoms with van der Waals surface area (Å²) < 4.78 is 1.52. The number of rotatable bonds is 3. The standard InChI is InChI=1S/C13H20N4O2/c1-14-13(19)10-8-11(17(2)16-10)15-12(18)9-6-4-3-5-7-9/h8-9H,3-7H2,1-2H3,(H,14,19)(H,15,18). The van der Waals surface area contributed by atoms with E-state index in [0.717, 1.165) is 25.7 Å². The number of carbonyl (C=O) groups is 2. The molecule has 1 aromatic heterocycles. The number of aromatic nitrogens is 2. The fourth-order valence-corrected chi connectivity index (χ4v) is 2.42. The molecule has 1 heterocycles. The van der Waals surface area contributed by atoms with Crippen molar-refractivity contribution in [3.8, 4) is 0 Å². The minimum Gasteiger partial charge on any atom is -0.354 e. The van der Waals surface area contributed by atoms with E-state index < -0.39 is 0 Å². The Kier molecular flexibility index (Phi) is 4.19. The predicted octanol–water partition coefficient (Wildman–Crippen LogP) is 1.30. The van der Waals surface area contributed by atoms with Gasteiger partial charge in [0.25, 0.3) is 5.91 Å². The maximum absolute atomic E-state index is 12.1. The predicted molar refractivity (Wildman–Crippen MR) is 71.8 cm³/mol. The van der Waals surface area contributed by atoms with Crippen LogP contribution < -0.4 is 10.6 Å². The van der Waals surface area contributed by atoms with Crippen LogP contribution in [0.4, 0.5) is 5.82 Å². The Morgan fingerprint density at radius 1 is 1.32 bits per heavy atom. The van der Waals surface area contributed by atoms with Crippen molar-refractivity contribution in [1.82, 2.24) is 15.1 Å². The molecule has 0 unspecified atom stereocenters. The molecule has 1 saturated carbocycles. The van der Waals surface area contributed by atoms with Crippen LogP contribution in [0.3, 0.4) is 0 Å². The third kappa shape index (κ3) is 3.13. The van der Waals surface area contributed by atoms with Crippen LogP contribution in [0.1, 0.15) is 42.6 Å². The second kappa shape index (κ2) is 5.86. The van der Waals surface area contributed by atoms with Gasteiger partial charge in [-0.15, -0.1) is 0 Å². The second-order valence-electron chi connectivity index (χ2n) is 4.94. The van der Waals surface area contributed by atoms with Crippen molar-refractivity contribution >= 4 is 17.6 Å². The maximum Gasteiger partial charge on any atom is 0.271 e. The van der Waals surface area contributed by atoms with Gasteiger partial charge in [-0.05, 0) is 12.8 Å². The van der Waals surface area contributed by atoms with Crippen molar-refractivity contribution in [3.63, 3.8) is 0 Å². The van der Waals surface area contributed by atoms with Crippen LogP contribution >= 0.6 is 0 Å². The van der Waals surface area contributed by atoms with Crippen LogP contribution in [0.15, 0.2) is 6.07 Å². The fourth-order valence-electron chi connectivity index (χ4n) is 2.42. The fraction of sp³-hybridized carbons (Fsp3) is 0.615. The molecular formula is C13H20N4O2. The molecule has 0 aromatic carbocycles. The zero-order valence-electron chi connectivity index (χ0n) is 11.4. The average molecular weight is 264 g/mol. The first kappa shape index (κ1) is 13.6. The molecule has 0 bridgehead atoms. The second-order valence-corrected chi connectivity index (χ2v) is 4.94. The molecule has 0 saturated heterocycles. The van der Waals surface area contributed by atoms with E-state index in [1.54, 1.807) is 20.2 Å². The van der Waals surface area contributed by atoms with Crippen LogP contribution in [-0.4, -0.2) is 28.6 Å². The molecule has 1 aliphatic carbocycles. The first-order valence-electron chi connectivity index (χ1n) is 6.69. The number of nitrogens with zero attached hydrogens (tertiary/aromatic N) is 2. The highest BCUT2D eigenvalue weighted by atomic mass is 16.2. The molecule has 0 radical (unpaired) electrons. The Hall–Kier alpha value is -1.85. The molecule has 2 rings (SSSR count). The van der Waals surface area contributed by atoms with Gasteiger partial charge < -0.3 is 10.6 Å². The van der Waals surface area contributed by atoms with Crippen LogP contribution in [-0.2, 0) is 11.8 Å². The van der Waals surface area contributed by atoms with Gasteiger partial charge in [0.1, 0.15) is 5.82 Å². The van der Waals surface area contributed by atoms with Crippen LogP contribution in [0, 0.1) is 5.92 Å². The minimum absolute atomic E-state index is 0.0335. The van der Waals surface area contributed by atoms with E-state index in [2.05, 4.69) is 15.7 Å². The summed E-state index contributed by atoms with van der Waals surface area (Å²) in [7, 11) is 3.26. The van der Waals surface area contributed by atoms with E-state index in [1.807, 2.05) is 0 Å². The summed E-state index contributed by atoms with van der Waals surface area (Å²) in [5.41, 5.74) is 0.309. The van der Waals surface area contributed by atoms with E-state index >= 15 is 0 Å². The third-order valence-corrected chi connectivity index (χ3v) is 3.57. The lowest BCUT2D eigenvalue weighted by Crippen LogP contribution is -2.25. The minimum atomic E-state index is -0.256. The summed E-state index contributed by atoms with van der Waals surface area (Å²) in [6.07, 6.45) is 5.36. The molecule has 0 spiro atoms. The lowest BCUT2D eigenvalue weighted by atomic mass is 9.89. The van der Waals surface area contributed by atoms with Gasteiger partial charge in [-0.25, -0.2) is 0 Å². The third-order valence-electron chi connectivity index (χ3n) is 3.57. The Morgan fingerprint density at radius 3 is 2.63 bits per heavy atom. The van der Waals surface area contributed by atoms with Gasteiger partial charge in [0.2, 0.25) is 5.91 Å². The summed E-state index contributed by atoms with van der Waals surface area (Å²) in [5.74, 6) is 0.432. The normalized spacial score (nSPS) is 16.1. The molecule has 6 nitrogen and oxygen atoms in total. The van der Waals surface area contributed by atoms with Crippen molar-refractivity contribution in [2.75, 3.05) is 12.4 Å². The van der Waals surface area contributed by atoms with E-state index in [0.29, 0.717) is 11.5 Å². The van der Waals surface area contributed by atoms with Gasteiger partial charge in [-0.2, -0.15) is 5.10 Å². The molecule has 104 valence electrons. The molecule has 1 aliphatic rings. The highest BCUT2D eigenvalue weighted by Crippen LogP contribution is 2.25. The van der Waals surface area contributed by atoms with E-state index in [9.17, 15) is 9.59 Å². The number of carbonyl (C=O) groups excluding carboxylic acids is 2. The van der Waals surface area contributed by atoms with Gasteiger partial charge in [0, 0.05) is 26.1 Å². The van der Waals surface area contributed by atoms with Gasteiger partial charge in [-0.1, -0.05) is 19.3 Å². The molecule has 6 heteroatoms. The van der Waals surface area contributed by atoms with Gasteiger partial charge >= 0.3 is 0 Å². The smallest absolute Gasteiger partial charge is 0.271 e. The number of nitrogens with one attached hydrogen (secondary N) is 2. The van der Waals surface area contributed by atoms with Crippen LogP contribution in [0.5, 0.6) is 0 Å². The molecule has 0 aliphatic heterocycles. The zero-order chi connectivity index (χ0) is 13.8. The lowest BCUT2D eigenvalue weighted by molar-refractivity contribution is -0.120. The Bertz CT molecular complexity index is 475. The van der Waals surface area contributed by atoms with E-state index in [-0.39, 0.29) is 17.7 Å². The number of hydrogen-bond acceptors (Lipinski definition) is 3. The molecule has 19 heavy (non-hydrogen) atoms. The zero-order valence-corrected chi connectivity index (χ0v) is 11.4. The number of hydrogen-bond donors (Lipinski definition) is 2. The molecule has 0 atom stereocenters. The Morgan fingerprint density at radius 2 is 2.00 bits per heavy atom. The van der Waals surface area contributed by atoms with Gasteiger partial charge in [0.05, 0.1) is 0 Å². The molecule has 2 amide bonds. The maximum atomic E-state index is 12.1. The van der Waals surface area contributed by atoms with Crippen molar-refractivity contribution in [3.05, 3.63) is 11.8 Å². The first-order valence-corrected chi connectivity index (χ1v) is 6.69. The Labute approximate surface area is 112 Å². The van der Waals surface area contributed by atoms with Crippen LogP contribution in [0.25, 0.3) is 0 Å². The quantitative estimate of drug-likeness (QED) is 0.864. The van der Waals surface area contributed by atoms with Crippen molar-refractivity contribution in [2.45, 2.75) is 32.1 Å². The highest BCUT2D eigenvalue weighted by Gasteiger charge is 2.22. The topological polar surface area (TPSA) is 76.0 Å². The van der Waals surface area contributed by atoms with E-state index in [4.69, 9.17) is 0 Å². The molecule has 1 fully saturated rings. The average Bonchev–Trinajstić information content (AvgIpc) is 2.80. The van der Waals surface area contributed by atoms with Gasteiger partial charge in [-0.3, -0.25) is 14.3 Å².